The van der Waals surface area contributed by atoms with E-state index in [1.807, 2.05) is 0 Å². The van der Waals surface area contributed by atoms with Gasteiger partial charge >= 0.3 is 26.2 Å². The fourth-order valence-corrected chi connectivity index (χ4v) is 0.671. The zero-order valence-electron chi connectivity index (χ0n) is 5.98. The molecule has 0 bridgehead atoms. The molecule has 0 heterocycles. The summed E-state index contributed by atoms with van der Waals surface area (Å²) < 4.78 is 0. The summed E-state index contributed by atoms with van der Waals surface area (Å²) in [5.41, 5.74) is 0. The van der Waals surface area contributed by atoms with Gasteiger partial charge < -0.3 is 4.90 Å². The van der Waals surface area contributed by atoms with Crippen LogP contribution in [0.15, 0.2) is 0 Å². The standard InChI is InChI=1S/C6H15N.AtH/c1-4-7(5-2)6-3;/h4-6H2,1-3H3;1H. The third-order valence-electron chi connectivity index (χ3n) is 1.34. The third-order valence-corrected chi connectivity index (χ3v) is 1.34. The van der Waals surface area contributed by atoms with Crippen LogP contribution in [0.25, 0.3) is 0 Å². The summed E-state index contributed by atoms with van der Waals surface area (Å²) in [5, 5.41) is 0. The molecule has 52 valence electrons. The molecule has 0 spiro atoms. The Morgan fingerprint density at radius 3 is 1.12 bits per heavy atom. The average Bonchev–Trinajstić information content (AvgIpc) is 1.72. The predicted molar refractivity (Wildman–Crippen MR) is 34.9 cm³/mol. The van der Waals surface area contributed by atoms with Crippen LogP contribution in [0.3, 0.4) is 0 Å². The molecule has 8 heavy (non-hydrogen) atoms. The SMILES string of the molecule is CCN(CC)CC.[AtH]. The summed E-state index contributed by atoms with van der Waals surface area (Å²) in [7, 11) is 0. The van der Waals surface area contributed by atoms with E-state index in [-0.39, 0.29) is 26.2 Å². The van der Waals surface area contributed by atoms with Crippen LogP contribution in [0, 0.1) is 26.2 Å². The van der Waals surface area contributed by atoms with Gasteiger partial charge in [0, 0.05) is 0 Å². The van der Waals surface area contributed by atoms with Crippen molar-refractivity contribution in [3.05, 3.63) is 0 Å². The molecule has 0 aliphatic rings. The maximum atomic E-state index is 2.38. The fraction of sp³-hybridized carbons (Fsp3) is 1.00. The third kappa shape index (κ3) is 4.99. The van der Waals surface area contributed by atoms with Crippen LogP contribution in [-0.4, -0.2) is 24.5 Å². The van der Waals surface area contributed by atoms with Crippen molar-refractivity contribution in [3.8, 4) is 0 Å². The molecule has 0 amide bonds. The van der Waals surface area contributed by atoms with Gasteiger partial charge in [-0.3, -0.25) is 0 Å². The van der Waals surface area contributed by atoms with Crippen molar-refractivity contribution >= 4 is 0 Å². The molecule has 0 rings (SSSR count). The minimum absolute atomic E-state index is 0. The number of hydrogen-bond acceptors (Lipinski definition) is 1. The van der Waals surface area contributed by atoms with Crippen LogP contribution in [0.1, 0.15) is 20.8 Å². The first-order chi connectivity index (χ1) is 3.35. The van der Waals surface area contributed by atoms with E-state index in [2.05, 4.69) is 25.7 Å². The Bertz CT molecular complexity index is 30.0. The summed E-state index contributed by atoms with van der Waals surface area (Å²) in [6.45, 7) is 10.1. The van der Waals surface area contributed by atoms with Crippen LogP contribution < -0.4 is 0 Å². The second kappa shape index (κ2) is 7.84. The monoisotopic (exact) mass is 312 g/mol. The van der Waals surface area contributed by atoms with Crippen molar-refractivity contribution in [1.82, 2.24) is 4.90 Å². The van der Waals surface area contributed by atoms with Crippen LogP contribution in [0.2, 0.25) is 0 Å². The van der Waals surface area contributed by atoms with E-state index in [0.717, 1.165) is 0 Å². The summed E-state index contributed by atoms with van der Waals surface area (Å²) in [5.74, 6) is 0. The van der Waals surface area contributed by atoms with E-state index in [9.17, 15) is 0 Å². The van der Waals surface area contributed by atoms with Crippen LogP contribution in [0.4, 0.5) is 0 Å². The first-order valence-electron chi connectivity index (χ1n) is 3.07. The Morgan fingerprint density at radius 1 is 0.875 bits per heavy atom. The normalized spacial score (nSPS) is 9.00. The molecule has 2 heteroatoms. The molecule has 0 aromatic heterocycles. The Morgan fingerprint density at radius 2 is 1.12 bits per heavy atom. The van der Waals surface area contributed by atoms with Crippen LogP contribution in [-0.2, 0) is 0 Å². The van der Waals surface area contributed by atoms with Crippen molar-refractivity contribution < 1.29 is 26.2 Å². The van der Waals surface area contributed by atoms with Crippen molar-refractivity contribution in [2.45, 2.75) is 20.8 Å². The Balaban J connectivity index is 0. The second-order valence-corrected chi connectivity index (χ2v) is 1.62. The molecule has 0 fully saturated rings. The fourth-order valence-electron chi connectivity index (χ4n) is 0.671. The zero-order chi connectivity index (χ0) is 5.70. The summed E-state index contributed by atoms with van der Waals surface area (Å²) in [6, 6.07) is 0. The van der Waals surface area contributed by atoms with Crippen molar-refractivity contribution in [1.29, 1.82) is 0 Å². The topological polar surface area (TPSA) is 3.24 Å². The number of hydrogen-bond donors (Lipinski definition) is 0. The van der Waals surface area contributed by atoms with Gasteiger partial charge in [0.25, 0.3) is 0 Å². The van der Waals surface area contributed by atoms with Gasteiger partial charge in [0.05, 0.1) is 0 Å². The zero-order valence-corrected chi connectivity index (χ0v) is 9.15. The molecular formula is C6H16AtN. The van der Waals surface area contributed by atoms with Gasteiger partial charge in [-0.25, -0.2) is 0 Å². The summed E-state index contributed by atoms with van der Waals surface area (Å²) in [4.78, 5) is 2.38. The van der Waals surface area contributed by atoms with Gasteiger partial charge in [0.15, 0.2) is 0 Å². The van der Waals surface area contributed by atoms with Gasteiger partial charge in [-0.2, -0.15) is 0 Å². The van der Waals surface area contributed by atoms with E-state index in [0.29, 0.717) is 0 Å². The molecule has 0 N–H and O–H groups in total. The molecule has 0 radical (unpaired) electrons. The average molecular weight is 312 g/mol. The van der Waals surface area contributed by atoms with E-state index in [1.54, 1.807) is 0 Å². The van der Waals surface area contributed by atoms with Crippen molar-refractivity contribution in [3.63, 3.8) is 0 Å². The molecule has 0 saturated heterocycles. The molecule has 1 nitrogen and oxygen atoms in total. The second-order valence-electron chi connectivity index (χ2n) is 1.62. The van der Waals surface area contributed by atoms with E-state index in [4.69, 9.17) is 0 Å². The molecular weight excluding hydrogens is 296 g/mol. The van der Waals surface area contributed by atoms with Crippen LogP contribution in [0.5, 0.6) is 0 Å². The van der Waals surface area contributed by atoms with Gasteiger partial charge in [-0.05, 0) is 19.6 Å². The molecule has 0 aromatic carbocycles. The summed E-state index contributed by atoms with van der Waals surface area (Å²) in [6.07, 6.45) is 0. The Labute approximate surface area is 71.6 Å². The van der Waals surface area contributed by atoms with E-state index >= 15 is 0 Å². The van der Waals surface area contributed by atoms with E-state index in [1.165, 1.54) is 19.6 Å². The number of rotatable bonds is 3. The van der Waals surface area contributed by atoms with E-state index < -0.39 is 0 Å². The summed E-state index contributed by atoms with van der Waals surface area (Å²) >= 11 is 0. The van der Waals surface area contributed by atoms with Gasteiger partial charge in [0.1, 0.15) is 0 Å². The first kappa shape index (κ1) is 11.6. The predicted octanol–water partition coefficient (Wildman–Crippen LogP) is 1.08. The quantitative estimate of drug-likeness (QED) is 0.754. The minimum atomic E-state index is 0. The molecule has 0 unspecified atom stereocenters. The van der Waals surface area contributed by atoms with Gasteiger partial charge in [-0.1, -0.05) is 20.8 Å². The first-order valence-corrected chi connectivity index (χ1v) is 3.07. The van der Waals surface area contributed by atoms with Gasteiger partial charge in [0.2, 0.25) is 0 Å². The van der Waals surface area contributed by atoms with Crippen molar-refractivity contribution in [2.75, 3.05) is 19.6 Å². The molecule has 0 saturated carbocycles. The number of nitrogens with zero attached hydrogens (tertiary/aromatic N) is 1. The van der Waals surface area contributed by atoms with Crippen LogP contribution >= 0.6 is 0 Å². The van der Waals surface area contributed by atoms with Crippen molar-refractivity contribution in [2.24, 2.45) is 0 Å². The molecule has 0 atom stereocenters. The molecule has 0 aliphatic heterocycles. The molecule has 0 aromatic rings. The van der Waals surface area contributed by atoms with Gasteiger partial charge in [-0.15, -0.1) is 0 Å². The molecule has 0 aliphatic carbocycles. The Kier molecular flexibility index (Phi) is 11.4. The maximum absolute atomic E-state index is 2.38. The Hall–Kier alpha value is 0.843.